The van der Waals surface area contributed by atoms with Crippen molar-refractivity contribution in [3.63, 3.8) is 0 Å². The van der Waals surface area contributed by atoms with E-state index < -0.39 is 51.4 Å². The Labute approximate surface area is 124 Å². The number of nitrogens with zero attached hydrogens (tertiary/aromatic N) is 4. The Bertz CT molecular complexity index is 643. The second kappa shape index (κ2) is 5.26. The van der Waals surface area contributed by atoms with Crippen LogP contribution >= 0.6 is 0 Å². The third-order valence-electron chi connectivity index (χ3n) is 2.97. The zero-order valence-corrected chi connectivity index (χ0v) is 12.4. The molecule has 0 aromatic carbocycles. The van der Waals surface area contributed by atoms with E-state index in [4.69, 9.17) is 4.84 Å². The van der Waals surface area contributed by atoms with Crippen LogP contribution in [0.1, 0.15) is 30.5 Å². The predicted octanol–water partition coefficient (Wildman–Crippen LogP) is 1.26. The number of halogens is 4. The van der Waals surface area contributed by atoms with Crippen LogP contribution in [0.3, 0.4) is 0 Å². The summed E-state index contributed by atoms with van der Waals surface area (Å²) >= 11 is -3.15. The van der Waals surface area contributed by atoms with E-state index in [1.165, 1.54) is 13.8 Å². The van der Waals surface area contributed by atoms with Crippen molar-refractivity contribution in [2.45, 2.75) is 37.0 Å². The third kappa shape index (κ3) is 2.84. The van der Waals surface area contributed by atoms with Crippen LogP contribution in [0.5, 0.6) is 0 Å². The fourth-order valence-electron chi connectivity index (χ4n) is 1.93. The first-order chi connectivity index (χ1) is 9.95. The highest BCUT2D eigenvalue weighted by Gasteiger charge is 2.49. The van der Waals surface area contributed by atoms with Gasteiger partial charge in [0.1, 0.15) is 16.7 Å². The second-order valence-corrected chi connectivity index (χ2v) is 6.13. The van der Waals surface area contributed by atoms with E-state index >= 15 is 0 Å². The maximum atomic E-state index is 14.2. The lowest BCUT2D eigenvalue weighted by molar-refractivity contribution is -0.142. The number of hydrogen-bond donors (Lipinski definition) is 0. The monoisotopic (exact) mass is 343 g/mol. The summed E-state index contributed by atoms with van der Waals surface area (Å²) in [6.45, 7) is 2.58. The smallest absolute Gasteiger partial charge is 0.437 e. The van der Waals surface area contributed by atoms with Gasteiger partial charge in [-0.25, -0.2) is 4.39 Å². The highest BCUT2D eigenvalue weighted by Crippen LogP contribution is 2.38. The maximum absolute atomic E-state index is 14.2. The predicted molar refractivity (Wildman–Crippen MR) is 65.2 cm³/mol. The molecule has 0 saturated carbocycles. The fraction of sp³-hybridized carbons (Fsp3) is 0.700. The van der Waals surface area contributed by atoms with Crippen molar-refractivity contribution in [1.82, 2.24) is 15.0 Å². The normalized spacial score (nSPS) is 23.8. The number of rotatable bonds is 3. The molecule has 0 radical (unpaired) electrons. The summed E-state index contributed by atoms with van der Waals surface area (Å²) in [4.78, 5) is 5.32. The van der Waals surface area contributed by atoms with Crippen LogP contribution < -0.4 is 0 Å². The van der Waals surface area contributed by atoms with Crippen LogP contribution in [0.25, 0.3) is 0 Å². The molecule has 0 saturated heterocycles. The van der Waals surface area contributed by atoms with Crippen molar-refractivity contribution in [1.29, 1.82) is 0 Å². The first kappa shape index (κ1) is 16.8. The molecule has 3 atom stereocenters. The van der Waals surface area contributed by atoms with Crippen molar-refractivity contribution in [2.75, 3.05) is 0 Å². The lowest BCUT2D eigenvalue weighted by atomic mass is 9.96. The minimum absolute atomic E-state index is 0.562. The molecule has 22 heavy (non-hydrogen) atoms. The van der Waals surface area contributed by atoms with E-state index in [0.29, 0.717) is 4.80 Å². The van der Waals surface area contributed by atoms with Crippen molar-refractivity contribution in [3.05, 3.63) is 11.4 Å². The Kier molecular flexibility index (Phi) is 4.02. The number of aromatic nitrogens is 3. The van der Waals surface area contributed by atoms with Crippen LogP contribution in [0.2, 0.25) is 0 Å². The zero-order chi connectivity index (χ0) is 16.9. The van der Waals surface area contributed by atoms with Crippen molar-refractivity contribution in [2.24, 2.45) is 12.2 Å². The summed E-state index contributed by atoms with van der Waals surface area (Å²) in [5, 5.41) is 7.79. The van der Waals surface area contributed by atoms with Crippen LogP contribution in [0.15, 0.2) is 5.16 Å². The van der Waals surface area contributed by atoms with Gasteiger partial charge < -0.3 is 9.39 Å². The van der Waals surface area contributed by atoms with Crippen LogP contribution in [0, 0.1) is 0 Å². The molecular formula is C10H11F4N4O3S-. The topological polar surface area (TPSA) is 92.4 Å². The van der Waals surface area contributed by atoms with E-state index in [9.17, 15) is 26.3 Å². The Morgan fingerprint density at radius 2 is 2.00 bits per heavy atom. The Morgan fingerprint density at radius 1 is 1.41 bits per heavy atom. The van der Waals surface area contributed by atoms with Gasteiger partial charge in [-0.3, -0.25) is 4.21 Å². The molecule has 0 bridgehead atoms. The summed E-state index contributed by atoms with van der Waals surface area (Å²) in [6.07, 6.45) is -6.94. The van der Waals surface area contributed by atoms with Crippen molar-refractivity contribution in [3.8, 4) is 0 Å². The second-order valence-electron chi connectivity index (χ2n) is 5.14. The van der Waals surface area contributed by atoms with E-state index in [1.54, 1.807) is 0 Å². The molecule has 1 aromatic heterocycles. The lowest BCUT2D eigenvalue weighted by Crippen LogP contribution is -2.38. The molecule has 1 aliphatic rings. The van der Waals surface area contributed by atoms with Gasteiger partial charge in [-0.1, -0.05) is 5.16 Å². The van der Waals surface area contributed by atoms with Crippen molar-refractivity contribution < 1.29 is 31.2 Å². The maximum Gasteiger partial charge on any atom is 0.437 e. The molecule has 3 unspecified atom stereocenters. The molecular weight excluding hydrogens is 332 g/mol. The van der Waals surface area contributed by atoms with Gasteiger partial charge in [0.15, 0.2) is 17.5 Å². The van der Waals surface area contributed by atoms with Gasteiger partial charge in [0, 0.05) is 7.05 Å². The quantitative estimate of drug-likeness (QED) is 0.608. The van der Waals surface area contributed by atoms with Gasteiger partial charge in [-0.05, 0) is 24.9 Å². The third-order valence-corrected chi connectivity index (χ3v) is 3.82. The summed E-state index contributed by atoms with van der Waals surface area (Å²) in [5.41, 5.74) is -4.62. The highest BCUT2D eigenvalue weighted by molar-refractivity contribution is 7.80. The highest BCUT2D eigenvalue weighted by atomic mass is 32.2. The number of alkyl halides is 4. The molecule has 0 aliphatic carbocycles. The van der Waals surface area contributed by atoms with Crippen LogP contribution in [-0.2, 0) is 29.1 Å². The summed E-state index contributed by atoms with van der Waals surface area (Å²) in [7, 11) is 1.09. The minimum Gasteiger partial charge on any atom is -0.772 e. The molecule has 124 valence electrons. The molecule has 7 nitrogen and oxygen atoms in total. The van der Waals surface area contributed by atoms with Crippen molar-refractivity contribution >= 4 is 16.8 Å². The average Bonchev–Trinajstić information content (AvgIpc) is 2.84. The van der Waals surface area contributed by atoms with Crippen LogP contribution in [0.4, 0.5) is 17.6 Å². The first-order valence-corrected chi connectivity index (χ1v) is 7.05. The average molecular weight is 343 g/mol. The molecule has 0 spiro atoms. The van der Waals surface area contributed by atoms with E-state index in [2.05, 4.69) is 15.4 Å². The van der Waals surface area contributed by atoms with E-state index in [-0.39, 0.29) is 0 Å². The first-order valence-electron chi connectivity index (χ1n) is 5.91. The summed E-state index contributed by atoms with van der Waals surface area (Å²) in [5.74, 6) is 0. The Hall–Kier alpha value is -1.56. The number of oxime groups is 1. The molecule has 0 amide bonds. The van der Waals surface area contributed by atoms with Gasteiger partial charge in [0.05, 0.1) is 0 Å². The fourth-order valence-corrected chi connectivity index (χ4v) is 2.63. The van der Waals surface area contributed by atoms with Gasteiger partial charge in [0.25, 0.3) is 0 Å². The van der Waals surface area contributed by atoms with E-state index in [1.807, 2.05) is 0 Å². The van der Waals surface area contributed by atoms with Gasteiger partial charge in [-0.15, -0.1) is 5.10 Å². The molecule has 1 aromatic rings. The molecule has 0 fully saturated rings. The lowest BCUT2D eigenvalue weighted by Gasteiger charge is -2.22. The van der Waals surface area contributed by atoms with Gasteiger partial charge >= 0.3 is 6.18 Å². The largest absolute Gasteiger partial charge is 0.772 e. The molecule has 2 heterocycles. The number of aryl methyl sites for hydroxylation is 1. The Balaban J connectivity index is 2.54. The SMILES string of the molecule is Cn1nc(C(C2=NOC(C)(C)C2F)S(=O)[O-])c(C(F)(F)F)n1. The minimum atomic E-state index is -4.94. The van der Waals surface area contributed by atoms with Crippen LogP contribution in [-0.4, -0.2) is 41.2 Å². The van der Waals surface area contributed by atoms with E-state index in [0.717, 1.165) is 7.05 Å². The standard InChI is InChI=1S/C10H12F4N4O3S/c1-9(2)7(11)4(17-21-9)6(22(19)20)5-8(10(12,13)14)16-18(3)15-5/h6-7H,1-3H3,(H,19,20)/p-1. The number of hydrogen-bond acceptors (Lipinski definition) is 6. The molecule has 12 heteroatoms. The van der Waals surface area contributed by atoms with Gasteiger partial charge in [-0.2, -0.15) is 23.1 Å². The molecule has 0 N–H and O–H groups in total. The summed E-state index contributed by atoms with van der Waals surface area (Å²) in [6, 6.07) is 0. The molecule has 1 aliphatic heterocycles. The zero-order valence-electron chi connectivity index (χ0n) is 11.6. The van der Waals surface area contributed by atoms with Gasteiger partial charge in [0.2, 0.25) is 0 Å². The summed E-state index contributed by atoms with van der Waals surface area (Å²) < 4.78 is 75.8. The Morgan fingerprint density at radius 3 is 2.41 bits per heavy atom. The molecule has 2 rings (SSSR count).